The van der Waals surface area contributed by atoms with Gasteiger partial charge in [-0.25, -0.2) is 0 Å². The highest BCUT2D eigenvalue weighted by atomic mass is 79.9. The van der Waals surface area contributed by atoms with Gasteiger partial charge in [-0.05, 0) is 51.6 Å². The Labute approximate surface area is 147 Å². The molecule has 2 heteroatoms. The zero-order valence-electron chi connectivity index (χ0n) is 12.8. The average Bonchev–Trinajstić information content (AvgIpc) is 3.10. The highest BCUT2D eigenvalue weighted by Crippen LogP contribution is 2.36. The Morgan fingerprint density at radius 3 is 2.25 bits per heavy atom. The van der Waals surface area contributed by atoms with Crippen LogP contribution in [0, 0.1) is 0 Å². The van der Waals surface area contributed by atoms with Gasteiger partial charge in [0, 0.05) is 15.2 Å². The minimum atomic E-state index is 0.962. The molecule has 1 aromatic heterocycles. The zero-order valence-corrected chi connectivity index (χ0v) is 14.4. The molecule has 0 saturated carbocycles. The average molecular weight is 373 g/mol. The smallest absolute Gasteiger partial charge is 0.141 e. The Kier molecular flexibility index (Phi) is 3.00. The van der Waals surface area contributed by atoms with Crippen LogP contribution in [-0.4, -0.2) is 0 Å². The summed E-state index contributed by atoms with van der Waals surface area (Å²) in [7, 11) is 0. The predicted molar refractivity (Wildman–Crippen MR) is 104 cm³/mol. The first kappa shape index (κ1) is 13.8. The van der Waals surface area contributed by atoms with Crippen LogP contribution >= 0.6 is 15.9 Å². The van der Waals surface area contributed by atoms with E-state index in [-0.39, 0.29) is 0 Å². The summed E-state index contributed by atoms with van der Waals surface area (Å²) in [6.45, 7) is 0. The molecule has 0 radical (unpaired) electrons. The minimum Gasteiger partial charge on any atom is -0.464 e. The SMILES string of the molecule is Brc1ccc(-c2cccc3c2ccc2c3ccc3ccoc32)cc1. The van der Waals surface area contributed by atoms with Crippen LogP contribution in [0.25, 0.3) is 43.6 Å². The van der Waals surface area contributed by atoms with Gasteiger partial charge in [-0.2, -0.15) is 0 Å². The van der Waals surface area contributed by atoms with E-state index in [9.17, 15) is 0 Å². The molecule has 1 nitrogen and oxygen atoms in total. The second-order valence-corrected chi connectivity index (χ2v) is 6.89. The second kappa shape index (κ2) is 5.22. The minimum absolute atomic E-state index is 0.962. The van der Waals surface area contributed by atoms with E-state index < -0.39 is 0 Å². The molecule has 4 aromatic carbocycles. The number of furan rings is 1. The molecule has 24 heavy (non-hydrogen) atoms. The van der Waals surface area contributed by atoms with Crippen LogP contribution in [0.15, 0.2) is 87.9 Å². The van der Waals surface area contributed by atoms with Crippen molar-refractivity contribution in [3.05, 3.63) is 83.5 Å². The molecule has 5 aromatic rings. The van der Waals surface area contributed by atoms with Gasteiger partial charge < -0.3 is 4.42 Å². The van der Waals surface area contributed by atoms with Gasteiger partial charge in [-0.3, -0.25) is 0 Å². The van der Waals surface area contributed by atoms with E-state index >= 15 is 0 Å². The fourth-order valence-corrected chi connectivity index (χ4v) is 3.75. The second-order valence-electron chi connectivity index (χ2n) is 5.97. The third-order valence-corrected chi connectivity index (χ3v) is 5.16. The lowest BCUT2D eigenvalue weighted by Gasteiger charge is -2.10. The van der Waals surface area contributed by atoms with E-state index in [0.29, 0.717) is 0 Å². The fourth-order valence-electron chi connectivity index (χ4n) is 3.48. The Morgan fingerprint density at radius 1 is 0.625 bits per heavy atom. The van der Waals surface area contributed by atoms with Crippen molar-refractivity contribution < 1.29 is 4.42 Å². The van der Waals surface area contributed by atoms with Crippen LogP contribution in [-0.2, 0) is 0 Å². The molecule has 0 aliphatic carbocycles. The zero-order chi connectivity index (χ0) is 16.1. The molecule has 0 atom stereocenters. The van der Waals surface area contributed by atoms with Crippen LogP contribution in [0.3, 0.4) is 0 Å². The largest absolute Gasteiger partial charge is 0.464 e. The first-order chi connectivity index (χ1) is 11.8. The summed E-state index contributed by atoms with van der Waals surface area (Å²) in [4.78, 5) is 0. The molecule has 5 rings (SSSR count). The molecule has 0 saturated heterocycles. The van der Waals surface area contributed by atoms with Crippen molar-refractivity contribution in [2.75, 3.05) is 0 Å². The molecule has 0 aliphatic rings. The molecule has 0 bridgehead atoms. The number of fused-ring (bicyclic) bond motifs is 5. The maximum absolute atomic E-state index is 5.70. The van der Waals surface area contributed by atoms with Crippen LogP contribution in [0.1, 0.15) is 0 Å². The monoisotopic (exact) mass is 372 g/mol. The number of halogens is 1. The summed E-state index contributed by atoms with van der Waals surface area (Å²) in [5, 5.41) is 6.06. The third kappa shape index (κ3) is 2.00. The van der Waals surface area contributed by atoms with E-state index in [1.165, 1.54) is 27.3 Å². The van der Waals surface area contributed by atoms with Crippen molar-refractivity contribution in [3.8, 4) is 11.1 Å². The van der Waals surface area contributed by atoms with Gasteiger partial charge in [-0.1, -0.05) is 64.5 Å². The highest BCUT2D eigenvalue weighted by Gasteiger charge is 2.09. The van der Waals surface area contributed by atoms with E-state index in [2.05, 4.69) is 82.7 Å². The maximum Gasteiger partial charge on any atom is 0.141 e. The molecular weight excluding hydrogens is 360 g/mol. The normalized spacial score (nSPS) is 11.5. The van der Waals surface area contributed by atoms with Crippen LogP contribution in [0.2, 0.25) is 0 Å². The Morgan fingerprint density at radius 2 is 1.38 bits per heavy atom. The lowest BCUT2D eigenvalue weighted by molar-refractivity contribution is 0.619. The molecule has 0 spiro atoms. The van der Waals surface area contributed by atoms with Crippen molar-refractivity contribution in [2.45, 2.75) is 0 Å². The summed E-state index contributed by atoms with van der Waals surface area (Å²) in [5.41, 5.74) is 3.44. The van der Waals surface area contributed by atoms with Crippen molar-refractivity contribution in [3.63, 3.8) is 0 Å². The standard InChI is InChI=1S/C22H13BrO/c23-16-7-4-14(5-8-16)17-2-1-3-18-19(17)10-11-21-20(18)9-6-15-12-13-24-22(15)21/h1-13H. The number of hydrogen-bond acceptors (Lipinski definition) is 1. The Balaban J connectivity index is 1.87. The molecule has 1 heterocycles. The van der Waals surface area contributed by atoms with E-state index in [1.54, 1.807) is 6.26 Å². The Bertz CT molecular complexity index is 1200. The van der Waals surface area contributed by atoms with Gasteiger partial charge in [0.1, 0.15) is 5.58 Å². The van der Waals surface area contributed by atoms with Crippen LogP contribution < -0.4 is 0 Å². The summed E-state index contributed by atoms with van der Waals surface area (Å²) in [6.07, 6.45) is 1.76. The molecule has 0 amide bonds. The van der Waals surface area contributed by atoms with Gasteiger partial charge >= 0.3 is 0 Å². The number of rotatable bonds is 1. The van der Waals surface area contributed by atoms with Gasteiger partial charge in [0.15, 0.2) is 0 Å². The molecule has 0 unspecified atom stereocenters. The lowest BCUT2D eigenvalue weighted by atomic mass is 9.94. The summed E-state index contributed by atoms with van der Waals surface area (Å²) in [6, 6.07) is 25.7. The van der Waals surface area contributed by atoms with Gasteiger partial charge in [-0.15, -0.1) is 0 Å². The van der Waals surface area contributed by atoms with Crippen molar-refractivity contribution >= 4 is 48.4 Å². The highest BCUT2D eigenvalue weighted by molar-refractivity contribution is 9.10. The molecule has 114 valence electrons. The molecule has 0 aliphatic heterocycles. The summed E-state index contributed by atoms with van der Waals surface area (Å²) >= 11 is 3.51. The fraction of sp³-hybridized carbons (Fsp3) is 0. The van der Waals surface area contributed by atoms with Crippen molar-refractivity contribution in [2.24, 2.45) is 0 Å². The van der Waals surface area contributed by atoms with Crippen molar-refractivity contribution in [1.29, 1.82) is 0 Å². The number of hydrogen-bond donors (Lipinski definition) is 0. The maximum atomic E-state index is 5.70. The summed E-state index contributed by atoms with van der Waals surface area (Å²) < 4.78 is 6.80. The van der Waals surface area contributed by atoms with E-state index in [0.717, 1.165) is 20.8 Å². The van der Waals surface area contributed by atoms with Crippen molar-refractivity contribution in [1.82, 2.24) is 0 Å². The molecular formula is C22H13BrO. The topological polar surface area (TPSA) is 13.1 Å². The first-order valence-electron chi connectivity index (χ1n) is 7.89. The quantitative estimate of drug-likeness (QED) is 0.284. The summed E-state index contributed by atoms with van der Waals surface area (Å²) in [5.74, 6) is 0. The first-order valence-corrected chi connectivity index (χ1v) is 8.68. The van der Waals surface area contributed by atoms with Gasteiger partial charge in [0.05, 0.1) is 6.26 Å². The Hall–Kier alpha value is -2.58. The third-order valence-electron chi connectivity index (χ3n) is 4.63. The number of benzene rings is 4. The van der Waals surface area contributed by atoms with Crippen LogP contribution in [0.5, 0.6) is 0 Å². The molecule has 0 fully saturated rings. The predicted octanol–water partition coefficient (Wildman–Crippen LogP) is 7.17. The van der Waals surface area contributed by atoms with Gasteiger partial charge in [0.25, 0.3) is 0 Å². The van der Waals surface area contributed by atoms with Crippen LogP contribution in [0.4, 0.5) is 0 Å². The lowest BCUT2D eigenvalue weighted by Crippen LogP contribution is -1.83. The van der Waals surface area contributed by atoms with E-state index in [4.69, 9.17) is 4.42 Å². The molecule has 0 N–H and O–H groups in total. The van der Waals surface area contributed by atoms with E-state index in [1.807, 2.05) is 6.07 Å². The van der Waals surface area contributed by atoms with Gasteiger partial charge in [0.2, 0.25) is 0 Å².